The van der Waals surface area contributed by atoms with Crippen LogP contribution in [0.4, 0.5) is 5.69 Å². The molecule has 0 unspecified atom stereocenters. The van der Waals surface area contributed by atoms with Crippen LogP contribution in [0.25, 0.3) is 0 Å². The maximum atomic E-state index is 3.71. The number of halogens is 1. The van der Waals surface area contributed by atoms with Crippen LogP contribution >= 0.6 is 12.4 Å². The largest absolute Gasteiger partial charge is 0.379 e. The number of aryl methyl sites for hydroxylation is 1. The van der Waals surface area contributed by atoms with Crippen LogP contribution in [0.2, 0.25) is 0 Å². The first-order valence-electron chi connectivity index (χ1n) is 5.24. The number of fused-ring (bicyclic) bond motifs is 1. The quantitative estimate of drug-likeness (QED) is 0.691. The van der Waals surface area contributed by atoms with Crippen LogP contribution in [0.1, 0.15) is 31.2 Å². The van der Waals surface area contributed by atoms with E-state index in [1.54, 1.807) is 0 Å². The predicted molar refractivity (Wildman–Crippen MR) is 62.2 cm³/mol. The Morgan fingerprint density at radius 2 is 1.86 bits per heavy atom. The van der Waals surface area contributed by atoms with Gasteiger partial charge in [-0.2, -0.15) is 0 Å². The lowest BCUT2D eigenvalue weighted by Gasteiger charge is -2.46. The van der Waals surface area contributed by atoms with E-state index in [9.17, 15) is 0 Å². The lowest BCUT2D eigenvalue weighted by molar-refractivity contribution is 0.254. The first-order valence-corrected chi connectivity index (χ1v) is 5.24. The number of para-hydroxylation sites is 1. The van der Waals surface area contributed by atoms with Gasteiger partial charge in [0, 0.05) is 11.2 Å². The van der Waals surface area contributed by atoms with Gasteiger partial charge in [0.2, 0.25) is 0 Å². The van der Waals surface area contributed by atoms with E-state index in [-0.39, 0.29) is 12.4 Å². The number of rotatable bonds is 0. The normalized spacial score (nSPS) is 21.4. The fourth-order valence-electron chi connectivity index (χ4n) is 2.56. The summed E-state index contributed by atoms with van der Waals surface area (Å²) in [6, 6.07) is 8.73. The van der Waals surface area contributed by atoms with Crippen molar-refractivity contribution in [2.45, 2.75) is 37.6 Å². The van der Waals surface area contributed by atoms with Gasteiger partial charge in [-0.1, -0.05) is 18.2 Å². The van der Waals surface area contributed by atoms with Crippen molar-refractivity contribution < 1.29 is 0 Å². The number of hydrogen-bond donors (Lipinski definition) is 1. The molecule has 76 valence electrons. The second-order valence-electron chi connectivity index (χ2n) is 4.42. The van der Waals surface area contributed by atoms with Gasteiger partial charge in [0.15, 0.2) is 0 Å². The molecule has 0 atom stereocenters. The zero-order valence-corrected chi connectivity index (χ0v) is 9.07. The second-order valence-corrected chi connectivity index (χ2v) is 4.42. The van der Waals surface area contributed by atoms with E-state index < -0.39 is 0 Å². The summed E-state index contributed by atoms with van der Waals surface area (Å²) in [6.45, 7) is 0. The summed E-state index contributed by atoms with van der Waals surface area (Å²) in [7, 11) is 0. The Morgan fingerprint density at radius 1 is 1.07 bits per heavy atom. The summed E-state index contributed by atoms with van der Waals surface area (Å²) in [5.74, 6) is 0. The SMILES string of the molecule is Cl.c1ccc2c(c1)CCC1(CCC1)N2. The molecule has 0 radical (unpaired) electrons. The zero-order valence-electron chi connectivity index (χ0n) is 8.25. The lowest BCUT2D eigenvalue weighted by atomic mass is 9.71. The molecule has 14 heavy (non-hydrogen) atoms. The van der Waals surface area contributed by atoms with Gasteiger partial charge in [0.25, 0.3) is 0 Å². The van der Waals surface area contributed by atoms with Crippen molar-refractivity contribution in [2.24, 2.45) is 0 Å². The van der Waals surface area contributed by atoms with Crippen LogP contribution in [0.3, 0.4) is 0 Å². The highest BCUT2D eigenvalue weighted by atomic mass is 35.5. The molecule has 1 nitrogen and oxygen atoms in total. The summed E-state index contributed by atoms with van der Waals surface area (Å²) in [5, 5.41) is 3.71. The molecule has 1 aromatic carbocycles. The Labute approximate surface area is 91.3 Å². The van der Waals surface area contributed by atoms with Crippen molar-refractivity contribution in [3.8, 4) is 0 Å². The Bertz CT molecular complexity index is 331. The molecule has 0 aromatic heterocycles. The van der Waals surface area contributed by atoms with E-state index in [1.165, 1.54) is 43.4 Å². The molecular formula is C12H16ClN. The van der Waals surface area contributed by atoms with E-state index in [0.29, 0.717) is 5.54 Å². The smallest absolute Gasteiger partial charge is 0.0377 e. The van der Waals surface area contributed by atoms with Crippen molar-refractivity contribution in [1.29, 1.82) is 0 Å². The molecule has 0 amide bonds. The van der Waals surface area contributed by atoms with Crippen LogP contribution in [0.15, 0.2) is 24.3 Å². The zero-order chi connectivity index (χ0) is 8.73. The molecule has 1 heterocycles. The lowest BCUT2D eigenvalue weighted by Crippen LogP contribution is -2.47. The molecule has 1 spiro atoms. The molecule has 0 bridgehead atoms. The van der Waals surface area contributed by atoms with Gasteiger partial charge >= 0.3 is 0 Å². The summed E-state index contributed by atoms with van der Waals surface area (Å²) in [4.78, 5) is 0. The molecule has 2 heteroatoms. The summed E-state index contributed by atoms with van der Waals surface area (Å²) >= 11 is 0. The van der Waals surface area contributed by atoms with Crippen LogP contribution in [0.5, 0.6) is 0 Å². The molecule has 3 rings (SSSR count). The Hall–Kier alpha value is -0.690. The minimum absolute atomic E-state index is 0. The van der Waals surface area contributed by atoms with Crippen LogP contribution < -0.4 is 5.32 Å². The second kappa shape index (κ2) is 3.47. The van der Waals surface area contributed by atoms with Crippen molar-refractivity contribution >= 4 is 18.1 Å². The highest BCUT2D eigenvalue weighted by Gasteiger charge is 2.38. The van der Waals surface area contributed by atoms with Gasteiger partial charge in [0.1, 0.15) is 0 Å². The Kier molecular flexibility index (Phi) is 2.44. The van der Waals surface area contributed by atoms with Gasteiger partial charge in [-0.25, -0.2) is 0 Å². The van der Waals surface area contributed by atoms with Gasteiger partial charge < -0.3 is 5.32 Å². The first-order chi connectivity index (χ1) is 6.38. The number of benzene rings is 1. The minimum atomic E-state index is 0. The van der Waals surface area contributed by atoms with E-state index in [2.05, 4.69) is 29.6 Å². The van der Waals surface area contributed by atoms with Crippen LogP contribution in [-0.4, -0.2) is 5.54 Å². The number of nitrogens with one attached hydrogen (secondary N) is 1. The van der Waals surface area contributed by atoms with Gasteiger partial charge in [0.05, 0.1) is 0 Å². The van der Waals surface area contributed by atoms with Crippen molar-refractivity contribution in [3.63, 3.8) is 0 Å². The summed E-state index contributed by atoms with van der Waals surface area (Å²) < 4.78 is 0. The fourth-order valence-corrected chi connectivity index (χ4v) is 2.56. The third-order valence-corrected chi connectivity index (χ3v) is 3.60. The maximum Gasteiger partial charge on any atom is 0.0377 e. The molecule has 1 aliphatic heterocycles. The Morgan fingerprint density at radius 3 is 2.57 bits per heavy atom. The number of hydrogen-bond acceptors (Lipinski definition) is 1. The van der Waals surface area contributed by atoms with Crippen LogP contribution in [0, 0.1) is 0 Å². The molecular weight excluding hydrogens is 194 g/mol. The monoisotopic (exact) mass is 209 g/mol. The Balaban J connectivity index is 0.000000750. The van der Waals surface area contributed by atoms with Crippen LogP contribution in [-0.2, 0) is 6.42 Å². The molecule has 1 aliphatic carbocycles. The van der Waals surface area contributed by atoms with E-state index in [4.69, 9.17) is 0 Å². The molecule has 2 aliphatic rings. The van der Waals surface area contributed by atoms with Crippen molar-refractivity contribution in [2.75, 3.05) is 5.32 Å². The van der Waals surface area contributed by atoms with Crippen molar-refractivity contribution in [3.05, 3.63) is 29.8 Å². The summed E-state index contributed by atoms with van der Waals surface area (Å²) in [5.41, 5.74) is 3.38. The van der Waals surface area contributed by atoms with E-state index in [0.717, 1.165) is 0 Å². The third kappa shape index (κ3) is 1.40. The van der Waals surface area contributed by atoms with Crippen molar-refractivity contribution in [1.82, 2.24) is 0 Å². The topological polar surface area (TPSA) is 12.0 Å². The molecule has 1 fully saturated rings. The van der Waals surface area contributed by atoms with Gasteiger partial charge in [-0.3, -0.25) is 0 Å². The molecule has 1 saturated carbocycles. The average Bonchev–Trinajstić information content (AvgIpc) is 2.15. The third-order valence-electron chi connectivity index (χ3n) is 3.60. The predicted octanol–water partition coefficient (Wildman–Crippen LogP) is 3.39. The van der Waals surface area contributed by atoms with E-state index >= 15 is 0 Å². The standard InChI is InChI=1S/C12H15N.ClH/c1-2-5-11-10(4-1)6-9-12(13-11)7-3-8-12;/h1-2,4-5,13H,3,6-9H2;1H. The van der Waals surface area contributed by atoms with Gasteiger partial charge in [-0.05, 0) is 43.7 Å². The van der Waals surface area contributed by atoms with Gasteiger partial charge in [-0.15, -0.1) is 12.4 Å². The highest BCUT2D eigenvalue weighted by Crippen LogP contribution is 2.42. The molecule has 1 aromatic rings. The number of anilines is 1. The summed E-state index contributed by atoms with van der Waals surface area (Å²) in [6.07, 6.45) is 6.77. The minimum Gasteiger partial charge on any atom is -0.379 e. The maximum absolute atomic E-state index is 3.71. The molecule has 0 saturated heterocycles. The fraction of sp³-hybridized carbons (Fsp3) is 0.500. The first kappa shape index (κ1) is 9.85. The van der Waals surface area contributed by atoms with E-state index in [1.807, 2.05) is 0 Å². The average molecular weight is 210 g/mol. The molecule has 1 N–H and O–H groups in total. The highest BCUT2D eigenvalue weighted by molar-refractivity contribution is 5.85.